The predicted molar refractivity (Wildman–Crippen MR) is 108 cm³/mol. The number of halogens is 2. The molecule has 29 heavy (non-hydrogen) atoms. The highest BCUT2D eigenvalue weighted by molar-refractivity contribution is 6.08. The van der Waals surface area contributed by atoms with E-state index in [1.807, 2.05) is 0 Å². The SMILES string of the molecule is CCC.O=C(Nc1cn(C2CCCCC2)nc1C(F)F)c1ccn2cccnc12. The minimum Gasteiger partial charge on any atom is -0.319 e. The second-order valence-electron chi connectivity index (χ2n) is 7.24. The first-order valence-corrected chi connectivity index (χ1v) is 10.1. The van der Waals surface area contributed by atoms with E-state index in [9.17, 15) is 13.6 Å². The molecule has 4 rings (SSSR count). The van der Waals surface area contributed by atoms with Gasteiger partial charge in [-0.25, -0.2) is 13.8 Å². The number of amides is 1. The molecule has 0 aromatic carbocycles. The summed E-state index contributed by atoms with van der Waals surface area (Å²) in [5.74, 6) is -0.476. The van der Waals surface area contributed by atoms with Gasteiger partial charge in [0.15, 0.2) is 5.69 Å². The number of hydrogen-bond acceptors (Lipinski definition) is 3. The van der Waals surface area contributed by atoms with Gasteiger partial charge in [-0.15, -0.1) is 0 Å². The minimum atomic E-state index is -2.75. The van der Waals surface area contributed by atoms with Gasteiger partial charge in [-0.2, -0.15) is 5.10 Å². The van der Waals surface area contributed by atoms with Crippen LogP contribution in [-0.2, 0) is 0 Å². The van der Waals surface area contributed by atoms with E-state index in [1.165, 1.54) is 12.6 Å². The highest BCUT2D eigenvalue weighted by Gasteiger charge is 2.25. The first-order chi connectivity index (χ1) is 14.0. The van der Waals surface area contributed by atoms with Crippen molar-refractivity contribution in [3.05, 3.63) is 48.2 Å². The van der Waals surface area contributed by atoms with Crippen molar-refractivity contribution in [1.82, 2.24) is 19.2 Å². The zero-order chi connectivity index (χ0) is 20.8. The Morgan fingerprint density at radius 2 is 1.97 bits per heavy atom. The van der Waals surface area contributed by atoms with Crippen molar-refractivity contribution in [3.63, 3.8) is 0 Å². The van der Waals surface area contributed by atoms with Crippen molar-refractivity contribution in [3.8, 4) is 0 Å². The molecule has 0 unspecified atom stereocenters. The van der Waals surface area contributed by atoms with Crippen LogP contribution in [0.2, 0.25) is 0 Å². The lowest BCUT2D eigenvalue weighted by atomic mass is 9.96. The average Bonchev–Trinajstić information content (AvgIpc) is 3.34. The Labute approximate surface area is 168 Å². The Balaban J connectivity index is 0.000000755. The average molecular weight is 403 g/mol. The molecule has 1 fully saturated rings. The molecule has 6 nitrogen and oxygen atoms in total. The van der Waals surface area contributed by atoms with Gasteiger partial charge >= 0.3 is 0 Å². The van der Waals surface area contributed by atoms with Gasteiger partial charge in [0.1, 0.15) is 5.65 Å². The molecule has 8 heteroatoms. The molecule has 3 aromatic rings. The van der Waals surface area contributed by atoms with Crippen molar-refractivity contribution < 1.29 is 13.6 Å². The van der Waals surface area contributed by atoms with Crippen LogP contribution in [0.4, 0.5) is 14.5 Å². The van der Waals surface area contributed by atoms with Crippen molar-refractivity contribution in [2.45, 2.75) is 64.8 Å². The Bertz CT molecular complexity index is 944. The van der Waals surface area contributed by atoms with Gasteiger partial charge in [0.2, 0.25) is 0 Å². The molecule has 1 aliphatic rings. The second kappa shape index (κ2) is 9.62. The molecule has 0 spiro atoms. The number of alkyl halides is 2. The number of fused-ring (bicyclic) bond motifs is 1. The van der Waals surface area contributed by atoms with Gasteiger partial charge in [-0.3, -0.25) is 9.48 Å². The van der Waals surface area contributed by atoms with Gasteiger partial charge in [-0.05, 0) is 25.0 Å². The van der Waals surface area contributed by atoms with Crippen LogP contribution < -0.4 is 5.32 Å². The van der Waals surface area contributed by atoms with E-state index in [1.54, 1.807) is 39.8 Å². The number of hydrogen-bond donors (Lipinski definition) is 1. The predicted octanol–water partition coefficient (Wildman–Crippen LogP) is 5.64. The molecule has 3 heterocycles. The van der Waals surface area contributed by atoms with Gasteiger partial charge in [0.25, 0.3) is 12.3 Å². The first kappa shape index (κ1) is 21.0. The maximum Gasteiger partial charge on any atom is 0.284 e. The fourth-order valence-corrected chi connectivity index (χ4v) is 3.50. The molecule has 156 valence electrons. The van der Waals surface area contributed by atoms with Crippen LogP contribution in [-0.4, -0.2) is 25.1 Å². The van der Waals surface area contributed by atoms with Gasteiger partial charge in [0, 0.05) is 24.8 Å². The van der Waals surface area contributed by atoms with Crippen molar-refractivity contribution >= 4 is 17.2 Å². The summed E-state index contributed by atoms with van der Waals surface area (Å²) in [5.41, 5.74) is 0.478. The number of carbonyl (C=O) groups is 1. The molecule has 0 radical (unpaired) electrons. The van der Waals surface area contributed by atoms with Crippen LogP contribution in [0, 0.1) is 0 Å². The van der Waals surface area contributed by atoms with Crippen LogP contribution in [0.15, 0.2) is 36.9 Å². The molecule has 3 aromatic heterocycles. The maximum atomic E-state index is 13.4. The summed E-state index contributed by atoms with van der Waals surface area (Å²) in [4.78, 5) is 16.8. The zero-order valence-electron chi connectivity index (χ0n) is 16.8. The Hall–Kier alpha value is -2.77. The Morgan fingerprint density at radius 3 is 2.66 bits per heavy atom. The highest BCUT2D eigenvalue weighted by Crippen LogP contribution is 2.32. The van der Waals surface area contributed by atoms with E-state index in [0.717, 1.165) is 32.1 Å². The van der Waals surface area contributed by atoms with Gasteiger partial charge < -0.3 is 9.72 Å². The smallest absolute Gasteiger partial charge is 0.284 e. The van der Waals surface area contributed by atoms with Crippen LogP contribution in [0.5, 0.6) is 0 Å². The number of anilines is 1. The molecular weight excluding hydrogens is 376 g/mol. The molecule has 1 amide bonds. The second-order valence-corrected chi connectivity index (χ2v) is 7.24. The third kappa shape index (κ3) is 4.81. The quantitative estimate of drug-likeness (QED) is 0.613. The molecular formula is C21H27F2N5O. The van der Waals surface area contributed by atoms with Crippen molar-refractivity contribution in [2.75, 3.05) is 5.32 Å². The largest absolute Gasteiger partial charge is 0.319 e. The van der Waals surface area contributed by atoms with Crippen LogP contribution in [0.25, 0.3) is 5.65 Å². The van der Waals surface area contributed by atoms with Crippen LogP contribution >= 0.6 is 0 Å². The monoisotopic (exact) mass is 403 g/mol. The van der Waals surface area contributed by atoms with Crippen molar-refractivity contribution in [1.29, 1.82) is 0 Å². The lowest BCUT2D eigenvalue weighted by molar-refractivity contribution is 0.102. The minimum absolute atomic E-state index is 0.0610. The van der Waals surface area contributed by atoms with Crippen LogP contribution in [0.1, 0.15) is 80.9 Å². The molecule has 0 atom stereocenters. The van der Waals surface area contributed by atoms with E-state index in [2.05, 4.69) is 29.2 Å². The summed E-state index contributed by atoms with van der Waals surface area (Å²) in [6.07, 6.45) is 10.2. The molecule has 1 N–H and O–H groups in total. The van der Waals surface area contributed by atoms with E-state index >= 15 is 0 Å². The number of nitrogens with zero attached hydrogens (tertiary/aromatic N) is 4. The van der Waals surface area contributed by atoms with E-state index in [4.69, 9.17) is 0 Å². The summed E-state index contributed by atoms with van der Waals surface area (Å²) < 4.78 is 30.1. The third-order valence-electron chi connectivity index (χ3n) is 4.83. The van der Waals surface area contributed by atoms with Gasteiger partial charge in [-0.1, -0.05) is 39.5 Å². The third-order valence-corrected chi connectivity index (χ3v) is 4.83. The number of aromatic nitrogens is 4. The fourth-order valence-electron chi connectivity index (χ4n) is 3.50. The topological polar surface area (TPSA) is 64.2 Å². The molecule has 1 saturated carbocycles. The van der Waals surface area contributed by atoms with Gasteiger partial charge in [0.05, 0.1) is 17.3 Å². The van der Waals surface area contributed by atoms with E-state index in [-0.39, 0.29) is 17.4 Å². The standard InChI is InChI=1S/C18H19F2N5O.C3H8/c19-16(20)15-14(11-25(23-15)12-5-2-1-3-6-12)22-18(26)13-7-10-24-9-4-8-21-17(13)24;1-3-2/h4,7-12,16H,1-3,5-6H2,(H,22,26);3H2,1-2H3. The van der Waals surface area contributed by atoms with E-state index < -0.39 is 12.3 Å². The van der Waals surface area contributed by atoms with E-state index in [0.29, 0.717) is 11.2 Å². The number of nitrogens with one attached hydrogen (secondary N) is 1. The normalized spacial score (nSPS) is 14.7. The molecule has 1 aliphatic carbocycles. The Kier molecular flexibility index (Phi) is 6.95. The molecule has 0 bridgehead atoms. The summed E-state index contributed by atoms with van der Waals surface area (Å²) >= 11 is 0. The van der Waals surface area contributed by atoms with Crippen LogP contribution in [0.3, 0.4) is 0 Å². The fraction of sp³-hybridized carbons (Fsp3) is 0.476. The summed E-state index contributed by atoms with van der Waals surface area (Å²) in [7, 11) is 0. The highest BCUT2D eigenvalue weighted by atomic mass is 19.3. The molecule has 0 aliphatic heterocycles. The number of rotatable bonds is 4. The lowest BCUT2D eigenvalue weighted by Gasteiger charge is -2.21. The zero-order valence-corrected chi connectivity index (χ0v) is 16.8. The summed E-state index contributed by atoms with van der Waals surface area (Å²) in [6.45, 7) is 4.25. The lowest BCUT2D eigenvalue weighted by Crippen LogP contribution is -2.13. The summed E-state index contributed by atoms with van der Waals surface area (Å²) in [5, 5.41) is 6.65. The summed E-state index contributed by atoms with van der Waals surface area (Å²) in [6, 6.07) is 3.48. The first-order valence-electron chi connectivity index (χ1n) is 10.1. The Morgan fingerprint density at radius 1 is 1.24 bits per heavy atom. The molecule has 0 saturated heterocycles. The number of carbonyl (C=O) groups excluding carboxylic acids is 1. The van der Waals surface area contributed by atoms with Crippen molar-refractivity contribution in [2.24, 2.45) is 0 Å². The maximum absolute atomic E-state index is 13.4.